The van der Waals surface area contributed by atoms with Crippen molar-refractivity contribution in [1.82, 2.24) is 4.90 Å². The van der Waals surface area contributed by atoms with Crippen molar-refractivity contribution in [2.45, 2.75) is 12.8 Å². The van der Waals surface area contributed by atoms with Gasteiger partial charge in [0.25, 0.3) is 0 Å². The Morgan fingerprint density at radius 3 is 3.00 bits per heavy atom. The topological polar surface area (TPSA) is 44.1 Å². The summed E-state index contributed by atoms with van der Waals surface area (Å²) in [5.41, 5.74) is 0. The van der Waals surface area contributed by atoms with Crippen LogP contribution in [-0.2, 0) is 11.2 Å². The zero-order valence-electron chi connectivity index (χ0n) is 9.07. The highest BCUT2D eigenvalue weighted by Gasteiger charge is 2.06. The van der Waals surface area contributed by atoms with Gasteiger partial charge in [-0.2, -0.15) is 5.26 Å². The van der Waals surface area contributed by atoms with Crippen LogP contribution in [0.25, 0.3) is 0 Å². The minimum Gasteiger partial charge on any atom is -0.299 e. The van der Waals surface area contributed by atoms with Crippen LogP contribution >= 0.6 is 27.3 Å². The fourth-order valence-electron chi connectivity index (χ4n) is 1.31. The molecule has 1 heterocycles. The molecule has 0 spiro atoms. The number of ketones is 1. The number of hydrogen-bond acceptors (Lipinski definition) is 4. The van der Waals surface area contributed by atoms with E-state index in [1.807, 2.05) is 18.0 Å². The van der Waals surface area contributed by atoms with E-state index in [1.165, 1.54) is 4.88 Å². The summed E-state index contributed by atoms with van der Waals surface area (Å²) in [6, 6.07) is 3.96. The van der Waals surface area contributed by atoms with Crippen LogP contribution in [0.15, 0.2) is 15.9 Å². The van der Waals surface area contributed by atoms with Gasteiger partial charge in [0.05, 0.1) is 19.0 Å². The van der Waals surface area contributed by atoms with E-state index in [4.69, 9.17) is 5.26 Å². The van der Waals surface area contributed by atoms with Gasteiger partial charge in [-0.1, -0.05) is 0 Å². The lowest BCUT2D eigenvalue weighted by molar-refractivity contribution is -0.118. The summed E-state index contributed by atoms with van der Waals surface area (Å²) >= 11 is 5.12. The maximum atomic E-state index is 11.2. The van der Waals surface area contributed by atoms with Gasteiger partial charge in [-0.3, -0.25) is 9.69 Å². The first kappa shape index (κ1) is 13.4. The van der Waals surface area contributed by atoms with E-state index in [9.17, 15) is 4.79 Å². The van der Waals surface area contributed by atoms with Crippen molar-refractivity contribution in [3.8, 4) is 6.07 Å². The summed E-state index contributed by atoms with van der Waals surface area (Å²) in [6.45, 7) is 1.20. The van der Waals surface area contributed by atoms with E-state index in [-0.39, 0.29) is 12.2 Å². The van der Waals surface area contributed by atoms with E-state index in [0.717, 1.165) is 17.4 Å². The lowest BCUT2D eigenvalue weighted by Gasteiger charge is -2.13. The van der Waals surface area contributed by atoms with Gasteiger partial charge < -0.3 is 0 Å². The molecule has 0 amide bonds. The quantitative estimate of drug-likeness (QED) is 0.811. The molecule has 1 aromatic rings. The summed E-state index contributed by atoms with van der Waals surface area (Å²) in [5.74, 6) is -0.0163. The normalized spacial score (nSPS) is 10.4. The van der Waals surface area contributed by atoms with Crippen LogP contribution in [0.5, 0.6) is 0 Å². The smallest absolute Gasteiger partial charge is 0.160 e. The zero-order valence-corrected chi connectivity index (χ0v) is 11.5. The third-order valence-electron chi connectivity index (χ3n) is 2.08. The predicted octanol–water partition coefficient (Wildman–Crippen LogP) is 2.47. The standard InChI is InChI=1S/C11H13BrN2OS/c1-14(7-10(15)2-4-13)5-3-11-6-9(12)8-16-11/h6,8H,2-3,5,7H2,1H3. The average molecular weight is 301 g/mol. The molecule has 0 unspecified atom stereocenters. The second kappa shape index (κ2) is 6.79. The second-order valence-corrected chi connectivity index (χ2v) is 5.50. The van der Waals surface area contributed by atoms with Gasteiger partial charge in [0.15, 0.2) is 5.78 Å². The molecule has 0 aliphatic carbocycles. The monoisotopic (exact) mass is 300 g/mol. The molecule has 86 valence electrons. The van der Waals surface area contributed by atoms with E-state index >= 15 is 0 Å². The van der Waals surface area contributed by atoms with E-state index in [0.29, 0.717) is 6.54 Å². The summed E-state index contributed by atoms with van der Waals surface area (Å²) in [6.07, 6.45) is 0.946. The zero-order chi connectivity index (χ0) is 12.0. The number of hydrogen-bond donors (Lipinski definition) is 0. The Bertz CT molecular complexity index is 397. The van der Waals surface area contributed by atoms with Gasteiger partial charge in [-0.25, -0.2) is 0 Å². The number of rotatable bonds is 6. The van der Waals surface area contributed by atoms with Crippen molar-refractivity contribution in [2.24, 2.45) is 0 Å². The number of nitrogens with zero attached hydrogens (tertiary/aromatic N) is 2. The van der Waals surface area contributed by atoms with Crippen molar-refractivity contribution in [1.29, 1.82) is 5.26 Å². The molecule has 0 saturated heterocycles. The maximum Gasteiger partial charge on any atom is 0.160 e. The lowest BCUT2D eigenvalue weighted by Crippen LogP contribution is -2.27. The molecular weight excluding hydrogens is 288 g/mol. The van der Waals surface area contributed by atoms with Gasteiger partial charge in [-0.05, 0) is 35.5 Å². The maximum absolute atomic E-state index is 11.2. The molecule has 0 bridgehead atoms. The van der Waals surface area contributed by atoms with Gasteiger partial charge >= 0.3 is 0 Å². The fourth-order valence-corrected chi connectivity index (χ4v) is 2.75. The molecule has 0 atom stereocenters. The molecule has 0 aromatic carbocycles. The van der Waals surface area contributed by atoms with Crippen molar-refractivity contribution < 1.29 is 4.79 Å². The number of carbonyl (C=O) groups is 1. The number of likely N-dealkylation sites (N-methyl/N-ethyl adjacent to an activating group) is 1. The summed E-state index contributed by atoms with van der Waals surface area (Å²) in [4.78, 5) is 14.4. The van der Waals surface area contributed by atoms with Crippen LogP contribution in [0.1, 0.15) is 11.3 Å². The van der Waals surface area contributed by atoms with Crippen molar-refractivity contribution in [2.75, 3.05) is 20.1 Å². The van der Waals surface area contributed by atoms with E-state index < -0.39 is 0 Å². The molecule has 16 heavy (non-hydrogen) atoms. The number of thiophene rings is 1. The van der Waals surface area contributed by atoms with Gasteiger partial charge in [0.1, 0.15) is 0 Å². The number of nitriles is 1. The Morgan fingerprint density at radius 1 is 1.69 bits per heavy atom. The van der Waals surface area contributed by atoms with Gasteiger partial charge in [0, 0.05) is 21.3 Å². The molecule has 1 rings (SSSR count). The molecule has 3 nitrogen and oxygen atoms in total. The highest BCUT2D eigenvalue weighted by Crippen LogP contribution is 2.20. The number of Topliss-reactive ketones (excluding diaryl/α,β-unsaturated/α-hetero) is 1. The molecule has 0 aliphatic rings. The molecule has 1 aromatic heterocycles. The summed E-state index contributed by atoms with van der Waals surface area (Å²) in [5, 5.41) is 10.4. The Labute approximate surface area is 108 Å². The second-order valence-electron chi connectivity index (χ2n) is 3.59. The Morgan fingerprint density at radius 2 is 2.44 bits per heavy atom. The first-order valence-electron chi connectivity index (χ1n) is 4.92. The van der Waals surface area contributed by atoms with Gasteiger partial charge in [0.2, 0.25) is 0 Å². The molecule has 0 radical (unpaired) electrons. The minimum absolute atomic E-state index is 0.00882. The number of halogens is 1. The van der Waals surface area contributed by atoms with Crippen LogP contribution in [0.3, 0.4) is 0 Å². The lowest BCUT2D eigenvalue weighted by atomic mass is 10.2. The third-order valence-corrected chi connectivity index (χ3v) is 3.84. The van der Waals surface area contributed by atoms with E-state index in [1.54, 1.807) is 11.3 Å². The Kier molecular flexibility index (Phi) is 5.67. The van der Waals surface area contributed by atoms with Crippen molar-refractivity contribution >= 4 is 33.0 Å². The highest BCUT2D eigenvalue weighted by atomic mass is 79.9. The van der Waals surface area contributed by atoms with Crippen molar-refractivity contribution in [3.05, 3.63) is 20.8 Å². The molecule has 5 heteroatoms. The molecule has 0 N–H and O–H groups in total. The largest absolute Gasteiger partial charge is 0.299 e. The first-order valence-corrected chi connectivity index (χ1v) is 6.59. The van der Waals surface area contributed by atoms with Crippen LogP contribution in [0, 0.1) is 11.3 Å². The van der Waals surface area contributed by atoms with Crippen LogP contribution in [0.4, 0.5) is 0 Å². The first-order chi connectivity index (χ1) is 7.61. The Balaban J connectivity index is 2.28. The summed E-state index contributed by atoms with van der Waals surface area (Å²) in [7, 11) is 1.90. The predicted molar refractivity (Wildman–Crippen MR) is 68.5 cm³/mol. The van der Waals surface area contributed by atoms with E-state index in [2.05, 4.69) is 27.4 Å². The van der Waals surface area contributed by atoms with Crippen LogP contribution in [0.2, 0.25) is 0 Å². The fraction of sp³-hybridized carbons (Fsp3) is 0.455. The highest BCUT2D eigenvalue weighted by molar-refractivity contribution is 9.10. The van der Waals surface area contributed by atoms with Crippen LogP contribution < -0.4 is 0 Å². The average Bonchev–Trinajstić information content (AvgIpc) is 2.61. The SMILES string of the molecule is CN(CCc1cc(Br)cs1)CC(=O)CC#N. The summed E-state index contributed by atoms with van der Waals surface area (Å²) < 4.78 is 1.11. The number of carbonyl (C=O) groups excluding carboxylic acids is 1. The van der Waals surface area contributed by atoms with Gasteiger partial charge in [-0.15, -0.1) is 11.3 Å². The molecule has 0 fully saturated rings. The van der Waals surface area contributed by atoms with Crippen LogP contribution in [-0.4, -0.2) is 30.8 Å². The third kappa shape index (κ3) is 4.88. The van der Waals surface area contributed by atoms with Crippen molar-refractivity contribution in [3.63, 3.8) is 0 Å². The Hall–Kier alpha value is -0.700. The minimum atomic E-state index is -0.0163. The molecule has 0 saturated carbocycles. The molecular formula is C11H13BrN2OS. The molecule has 0 aliphatic heterocycles.